The minimum atomic E-state index is -0.314. The molecule has 1 saturated heterocycles. The van der Waals surface area contributed by atoms with Gasteiger partial charge in [-0.15, -0.1) is 0 Å². The molecule has 0 aromatic carbocycles. The summed E-state index contributed by atoms with van der Waals surface area (Å²) in [6, 6.07) is 0. The summed E-state index contributed by atoms with van der Waals surface area (Å²) in [7, 11) is 1.62. The summed E-state index contributed by atoms with van der Waals surface area (Å²) in [6.07, 6.45) is 1.67. The van der Waals surface area contributed by atoms with Crippen LogP contribution in [0.5, 0.6) is 5.19 Å². The Kier molecular flexibility index (Phi) is 2.71. The molecule has 14 heavy (non-hydrogen) atoms. The van der Waals surface area contributed by atoms with Gasteiger partial charge >= 0.3 is 0 Å². The Morgan fingerprint density at radius 3 is 2.86 bits per heavy atom. The van der Waals surface area contributed by atoms with E-state index in [-0.39, 0.29) is 5.54 Å². The van der Waals surface area contributed by atoms with E-state index in [1.807, 2.05) is 5.38 Å². The summed E-state index contributed by atoms with van der Waals surface area (Å²) in [5.74, 6) is 0. The molecule has 0 aliphatic carbocycles. The largest absolute Gasteiger partial charge is 0.473 e. The second kappa shape index (κ2) is 3.84. The number of rotatable bonds is 2. The Labute approximate surface area is 87.0 Å². The first-order chi connectivity index (χ1) is 6.74. The van der Waals surface area contributed by atoms with Crippen molar-refractivity contribution in [1.29, 1.82) is 0 Å². The monoisotopic (exact) mass is 214 g/mol. The van der Waals surface area contributed by atoms with Crippen LogP contribution in [-0.4, -0.2) is 25.3 Å². The molecule has 78 valence electrons. The lowest BCUT2D eigenvalue weighted by molar-refractivity contribution is 0.0508. The first-order valence-electron chi connectivity index (χ1n) is 4.61. The second-order valence-electron chi connectivity index (χ2n) is 3.47. The predicted octanol–water partition coefficient (Wildman–Crippen LogP) is 1.12. The van der Waals surface area contributed by atoms with Crippen LogP contribution in [0.4, 0.5) is 0 Å². The van der Waals surface area contributed by atoms with Crippen molar-refractivity contribution >= 4 is 11.3 Å². The van der Waals surface area contributed by atoms with E-state index in [1.165, 1.54) is 11.3 Å². The van der Waals surface area contributed by atoms with Crippen molar-refractivity contribution in [3.8, 4) is 5.19 Å². The van der Waals surface area contributed by atoms with Gasteiger partial charge in [0, 0.05) is 18.6 Å². The van der Waals surface area contributed by atoms with E-state index in [4.69, 9.17) is 15.2 Å². The van der Waals surface area contributed by atoms with E-state index in [0.717, 1.165) is 31.7 Å². The average Bonchev–Trinajstić information content (AvgIpc) is 2.67. The van der Waals surface area contributed by atoms with E-state index in [0.29, 0.717) is 5.19 Å². The number of aromatic nitrogens is 1. The van der Waals surface area contributed by atoms with Crippen molar-refractivity contribution in [1.82, 2.24) is 4.98 Å². The third-order valence-electron chi connectivity index (χ3n) is 2.55. The maximum absolute atomic E-state index is 6.26. The summed E-state index contributed by atoms with van der Waals surface area (Å²) in [6.45, 7) is 1.44. The lowest BCUT2D eigenvalue weighted by Gasteiger charge is -2.31. The van der Waals surface area contributed by atoms with Gasteiger partial charge in [-0.05, 0) is 12.8 Å². The number of ether oxygens (including phenoxy) is 2. The Morgan fingerprint density at radius 2 is 2.29 bits per heavy atom. The number of hydrogen-bond acceptors (Lipinski definition) is 5. The summed E-state index contributed by atoms with van der Waals surface area (Å²) in [5, 5.41) is 2.65. The minimum Gasteiger partial charge on any atom is -0.473 e. The van der Waals surface area contributed by atoms with Crippen molar-refractivity contribution in [2.75, 3.05) is 20.3 Å². The second-order valence-corrected chi connectivity index (χ2v) is 4.29. The third-order valence-corrected chi connectivity index (χ3v) is 3.35. The van der Waals surface area contributed by atoms with Crippen molar-refractivity contribution < 1.29 is 9.47 Å². The Bertz CT molecular complexity index is 308. The van der Waals surface area contributed by atoms with E-state index in [2.05, 4.69) is 4.98 Å². The topological polar surface area (TPSA) is 57.4 Å². The van der Waals surface area contributed by atoms with Crippen LogP contribution in [0.25, 0.3) is 0 Å². The molecule has 0 radical (unpaired) electrons. The molecule has 0 saturated carbocycles. The van der Waals surface area contributed by atoms with Gasteiger partial charge in [-0.3, -0.25) is 0 Å². The van der Waals surface area contributed by atoms with Crippen LogP contribution in [0.15, 0.2) is 5.38 Å². The first kappa shape index (κ1) is 9.89. The quantitative estimate of drug-likeness (QED) is 0.801. The Hall–Kier alpha value is -0.650. The highest BCUT2D eigenvalue weighted by atomic mass is 32.1. The zero-order valence-electron chi connectivity index (χ0n) is 8.16. The van der Waals surface area contributed by atoms with Crippen LogP contribution < -0.4 is 10.5 Å². The fourth-order valence-corrected chi connectivity index (χ4v) is 2.32. The van der Waals surface area contributed by atoms with Gasteiger partial charge in [-0.2, -0.15) is 0 Å². The van der Waals surface area contributed by atoms with E-state index in [1.54, 1.807) is 7.11 Å². The molecule has 1 aromatic heterocycles. The molecule has 1 aliphatic rings. The molecule has 1 aliphatic heterocycles. The van der Waals surface area contributed by atoms with Crippen molar-refractivity contribution in [3.05, 3.63) is 11.1 Å². The molecule has 2 heterocycles. The van der Waals surface area contributed by atoms with Gasteiger partial charge in [0.15, 0.2) is 0 Å². The van der Waals surface area contributed by atoms with Crippen LogP contribution >= 0.6 is 11.3 Å². The lowest BCUT2D eigenvalue weighted by Crippen LogP contribution is -2.42. The highest BCUT2D eigenvalue weighted by Crippen LogP contribution is 2.32. The van der Waals surface area contributed by atoms with Crippen LogP contribution in [0.1, 0.15) is 18.5 Å². The number of nitrogens with zero attached hydrogens (tertiary/aromatic N) is 1. The molecule has 5 heteroatoms. The van der Waals surface area contributed by atoms with Crippen LogP contribution in [-0.2, 0) is 10.3 Å². The third kappa shape index (κ3) is 1.75. The molecule has 4 nitrogen and oxygen atoms in total. The van der Waals surface area contributed by atoms with Crippen molar-refractivity contribution in [2.45, 2.75) is 18.4 Å². The molecule has 2 rings (SSSR count). The smallest absolute Gasteiger partial charge is 0.273 e. The molecular weight excluding hydrogens is 200 g/mol. The minimum absolute atomic E-state index is 0.314. The maximum Gasteiger partial charge on any atom is 0.273 e. The van der Waals surface area contributed by atoms with Gasteiger partial charge < -0.3 is 15.2 Å². The van der Waals surface area contributed by atoms with Gasteiger partial charge in [0.2, 0.25) is 0 Å². The maximum atomic E-state index is 6.26. The number of methoxy groups -OCH3 is 1. The van der Waals surface area contributed by atoms with Gasteiger partial charge in [-0.1, -0.05) is 11.3 Å². The molecule has 0 amide bonds. The van der Waals surface area contributed by atoms with Crippen LogP contribution in [0, 0.1) is 0 Å². The zero-order valence-corrected chi connectivity index (χ0v) is 8.97. The van der Waals surface area contributed by atoms with Crippen molar-refractivity contribution in [2.24, 2.45) is 5.73 Å². The summed E-state index contributed by atoms with van der Waals surface area (Å²) in [5.41, 5.74) is 6.88. The number of nitrogens with two attached hydrogens (primary N) is 1. The van der Waals surface area contributed by atoms with Gasteiger partial charge in [0.05, 0.1) is 18.3 Å². The summed E-state index contributed by atoms with van der Waals surface area (Å²) in [4.78, 5) is 4.34. The van der Waals surface area contributed by atoms with E-state index in [9.17, 15) is 0 Å². The van der Waals surface area contributed by atoms with E-state index < -0.39 is 0 Å². The van der Waals surface area contributed by atoms with E-state index >= 15 is 0 Å². The molecule has 0 unspecified atom stereocenters. The average molecular weight is 214 g/mol. The molecule has 0 bridgehead atoms. The van der Waals surface area contributed by atoms with Gasteiger partial charge in [0.25, 0.3) is 5.19 Å². The Morgan fingerprint density at radius 1 is 1.57 bits per heavy atom. The number of hydrogen-bond donors (Lipinski definition) is 1. The first-order valence-corrected chi connectivity index (χ1v) is 5.49. The van der Waals surface area contributed by atoms with Gasteiger partial charge in [0.1, 0.15) is 0 Å². The summed E-state index contributed by atoms with van der Waals surface area (Å²) < 4.78 is 10.3. The van der Waals surface area contributed by atoms with Crippen LogP contribution in [0.2, 0.25) is 0 Å². The molecule has 0 atom stereocenters. The molecule has 1 fully saturated rings. The zero-order chi connectivity index (χ0) is 10.0. The predicted molar refractivity (Wildman–Crippen MR) is 54.6 cm³/mol. The normalized spacial score (nSPS) is 20.7. The number of thiazole rings is 1. The molecule has 1 aromatic rings. The molecule has 2 N–H and O–H groups in total. The Balaban J connectivity index is 2.19. The highest BCUT2D eigenvalue weighted by molar-refractivity contribution is 7.11. The SMILES string of the molecule is COc1nc(C2(N)CCOCC2)cs1. The van der Waals surface area contributed by atoms with Crippen molar-refractivity contribution in [3.63, 3.8) is 0 Å². The van der Waals surface area contributed by atoms with Gasteiger partial charge in [-0.25, -0.2) is 4.98 Å². The molecular formula is C9H14N2O2S. The van der Waals surface area contributed by atoms with Crippen LogP contribution in [0.3, 0.4) is 0 Å². The highest BCUT2D eigenvalue weighted by Gasteiger charge is 2.32. The standard InChI is InChI=1S/C9H14N2O2S/c1-12-8-11-7(6-14-8)9(10)2-4-13-5-3-9/h6H,2-5,10H2,1H3. The molecule has 0 spiro atoms. The summed E-state index contributed by atoms with van der Waals surface area (Å²) >= 11 is 1.49. The fraction of sp³-hybridized carbons (Fsp3) is 0.667. The fourth-order valence-electron chi connectivity index (χ4n) is 1.57. The lowest BCUT2D eigenvalue weighted by atomic mass is 9.89.